The molecule has 32 heavy (non-hydrogen) atoms. The van der Waals surface area contributed by atoms with Crippen LogP contribution in [0.2, 0.25) is 5.02 Å². The van der Waals surface area contributed by atoms with E-state index in [1.807, 2.05) is 31.2 Å². The van der Waals surface area contributed by atoms with Crippen molar-refractivity contribution in [1.29, 1.82) is 5.26 Å². The quantitative estimate of drug-likeness (QED) is 0.267. The van der Waals surface area contributed by atoms with Crippen LogP contribution in [-0.4, -0.2) is 17.6 Å². The highest BCUT2D eigenvalue weighted by atomic mass is 35.5. The van der Waals surface area contributed by atoms with Gasteiger partial charge in [0.15, 0.2) is 11.5 Å². The molecule has 0 spiro atoms. The van der Waals surface area contributed by atoms with Gasteiger partial charge in [-0.05, 0) is 61.0 Å². The highest BCUT2D eigenvalue weighted by molar-refractivity contribution is 6.31. The maximum atomic E-state index is 12.5. The average molecular weight is 449 g/mol. The van der Waals surface area contributed by atoms with Gasteiger partial charge >= 0.3 is 0 Å². The summed E-state index contributed by atoms with van der Waals surface area (Å²) in [5.41, 5.74) is 1.84. The Labute approximate surface area is 191 Å². The first kappa shape index (κ1) is 22.7. The van der Waals surface area contributed by atoms with E-state index in [-0.39, 0.29) is 17.9 Å². The normalized spacial score (nSPS) is 10.8. The van der Waals surface area contributed by atoms with Crippen molar-refractivity contribution >= 4 is 29.3 Å². The molecule has 2 N–H and O–H groups in total. The van der Waals surface area contributed by atoms with Crippen LogP contribution in [0.4, 0.5) is 5.69 Å². The maximum Gasteiger partial charge on any atom is 0.266 e. The third-order valence-corrected chi connectivity index (χ3v) is 4.78. The Morgan fingerprint density at radius 1 is 1.09 bits per heavy atom. The zero-order valence-electron chi connectivity index (χ0n) is 17.3. The van der Waals surface area contributed by atoms with Crippen molar-refractivity contribution in [3.8, 4) is 23.3 Å². The molecule has 162 valence electrons. The van der Waals surface area contributed by atoms with Crippen molar-refractivity contribution in [2.45, 2.75) is 13.5 Å². The summed E-state index contributed by atoms with van der Waals surface area (Å²) in [4.78, 5) is 12.5. The molecular weight excluding hydrogens is 428 g/mol. The summed E-state index contributed by atoms with van der Waals surface area (Å²) >= 11 is 6.19. The Morgan fingerprint density at radius 3 is 2.53 bits per heavy atom. The molecule has 0 aliphatic heterocycles. The molecule has 1 amide bonds. The highest BCUT2D eigenvalue weighted by Crippen LogP contribution is 2.31. The molecule has 0 saturated carbocycles. The largest absolute Gasteiger partial charge is 0.508 e. The highest BCUT2D eigenvalue weighted by Gasteiger charge is 2.12. The van der Waals surface area contributed by atoms with E-state index in [0.717, 1.165) is 5.56 Å². The number of hydrogen-bond donors (Lipinski definition) is 2. The lowest BCUT2D eigenvalue weighted by Gasteiger charge is -2.13. The molecule has 0 aliphatic carbocycles. The second-order valence-corrected chi connectivity index (χ2v) is 7.10. The molecular formula is C25H21ClN2O4. The number of nitrogens with zero attached hydrogens (tertiary/aromatic N) is 1. The van der Waals surface area contributed by atoms with Crippen molar-refractivity contribution in [2.24, 2.45) is 0 Å². The minimum absolute atomic E-state index is 0.0785. The van der Waals surface area contributed by atoms with E-state index in [1.165, 1.54) is 18.2 Å². The summed E-state index contributed by atoms with van der Waals surface area (Å²) in [6, 6.07) is 20.5. The van der Waals surface area contributed by atoms with Crippen LogP contribution >= 0.6 is 11.6 Å². The second-order valence-electron chi connectivity index (χ2n) is 6.69. The zero-order chi connectivity index (χ0) is 22.9. The SMILES string of the molecule is CCOc1cc(/C=C(/C#N)C(=O)Nc2ccc(O)cc2)ccc1OCc1ccccc1Cl. The van der Waals surface area contributed by atoms with Gasteiger partial charge in [-0.3, -0.25) is 4.79 Å². The van der Waals surface area contributed by atoms with Crippen LogP contribution in [0.5, 0.6) is 17.2 Å². The molecule has 0 fully saturated rings. The molecule has 3 aromatic carbocycles. The van der Waals surface area contributed by atoms with Crippen molar-refractivity contribution in [3.05, 3.63) is 88.5 Å². The third kappa shape index (κ3) is 6.03. The number of phenolic OH excluding ortho intramolecular Hbond substituents is 1. The Hall–Kier alpha value is -3.95. The number of halogens is 1. The summed E-state index contributed by atoms with van der Waals surface area (Å²) < 4.78 is 11.6. The van der Waals surface area contributed by atoms with Gasteiger partial charge in [0.1, 0.15) is 24.0 Å². The van der Waals surface area contributed by atoms with Gasteiger partial charge in [-0.1, -0.05) is 35.9 Å². The van der Waals surface area contributed by atoms with Gasteiger partial charge in [0.2, 0.25) is 0 Å². The van der Waals surface area contributed by atoms with Gasteiger partial charge in [-0.15, -0.1) is 0 Å². The number of nitriles is 1. The molecule has 0 saturated heterocycles. The Balaban J connectivity index is 1.78. The second kappa shape index (κ2) is 10.9. The summed E-state index contributed by atoms with van der Waals surface area (Å²) in [6.45, 7) is 2.54. The number of anilines is 1. The van der Waals surface area contributed by atoms with Crippen molar-refractivity contribution in [2.75, 3.05) is 11.9 Å². The van der Waals surface area contributed by atoms with Gasteiger partial charge < -0.3 is 19.9 Å². The van der Waals surface area contributed by atoms with Crippen LogP contribution in [0.3, 0.4) is 0 Å². The van der Waals surface area contributed by atoms with Crippen molar-refractivity contribution < 1.29 is 19.4 Å². The molecule has 0 radical (unpaired) electrons. The topological polar surface area (TPSA) is 91.6 Å². The van der Waals surface area contributed by atoms with E-state index in [1.54, 1.807) is 36.4 Å². The minimum Gasteiger partial charge on any atom is -0.508 e. The van der Waals surface area contributed by atoms with E-state index in [2.05, 4.69) is 5.32 Å². The van der Waals surface area contributed by atoms with Crippen molar-refractivity contribution in [3.63, 3.8) is 0 Å². The Kier molecular flexibility index (Phi) is 7.74. The molecule has 3 rings (SSSR count). The number of benzene rings is 3. The summed E-state index contributed by atoms with van der Waals surface area (Å²) in [5.74, 6) is 0.537. The molecule has 0 aliphatic rings. The van der Waals surface area contributed by atoms with E-state index >= 15 is 0 Å². The number of hydrogen-bond acceptors (Lipinski definition) is 5. The van der Waals surface area contributed by atoms with E-state index in [0.29, 0.717) is 34.4 Å². The summed E-state index contributed by atoms with van der Waals surface area (Å²) in [5, 5.41) is 22.0. The standard InChI is InChI=1S/C25H21ClN2O4/c1-2-31-24-14-17(7-12-23(24)32-16-18-5-3-4-6-22(18)26)13-19(15-27)25(30)28-20-8-10-21(29)11-9-20/h3-14,29H,2,16H2,1H3,(H,28,30)/b19-13-. The van der Waals surface area contributed by atoms with Gasteiger partial charge in [-0.25, -0.2) is 0 Å². The lowest BCUT2D eigenvalue weighted by molar-refractivity contribution is -0.112. The van der Waals surface area contributed by atoms with Gasteiger partial charge in [0.05, 0.1) is 6.61 Å². The fourth-order valence-corrected chi connectivity index (χ4v) is 3.02. The zero-order valence-corrected chi connectivity index (χ0v) is 18.1. The first-order chi connectivity index (χ1) is 15.5. The lowest BCUT2D eigenvalue weighted by atomic mass is 10.1. The van der Waals surface area contributed by atoms with E-state index < -0.39 is 5.91 Å². The van der Waals surface area contributed by atoms with Crippen LogP contribution in [0.1, 0.15) is 18.1 Å². The fraction of sp³-hybridized carbons (Fsp3) is 0.120. The number of amides is 1. The monoisotopic (exact) mass is 448 g/mol. The molecule has 0 aromatic heterocycles. The number of nitrogens with one attached hydrogen (secondary N) is 1. The first-order valence-corrected chi connectivity index (χ1v) is 10.2. The van der Waals surface area contributed by atoms with Crippen LogP contribution in [0.15, 0.2) is 72.3 Å². The fourth-order valence-electron chi connectivity index (χ4n) is 2.83. The average Bonchev–Trinajstić information content (AvgIpc) is 2.79. The molecule has 6 nitrogen and oxygen atoms in total. The van der Waals surface area contributed by atoms with E-state index in [4.69, 9.17) is 21.1 Å². The lowest BCUT2D eigenvalue weighted by Crippen LogP contribution is -2.13. The third-order valence-electron chi connectivity index (χ3n) is 4.41. The van der Waals surface area contributed by atoms with Crippen LogP contribution < -0.4 is 14.8 Å². The molecule has 0 atom stereocenters. The Morgan fingerprint density at radius 2 is 1.84 bits per heavy atom. The van der Waals surface area contributed by atoms with Crippen LogP contribution in [0, 0.1) is 11.3 Å². The number of carbonyl (C=O) groups excluding carboxylic acids is 1. The van der Waals surface area contributed by atoms with Gasteiger partial charge in [-0.2, -0.15) is 5.26 Å². The number of ether oxygens (including phenoxy) is 2. The first-order valence-electron chi connectivity index (χ1n) is 9.85. The van der Waals surface area contributed by atoms with E-state index in [9.17, 15) is 15.2 Å². The minimum atomic E-state index is -0.560. The van der Waals surface area contributed by atoms with Crippen LogP contribution in [-0.2, 0) is 11.4 Å². The van der Waals surface area contributed by atoms with Crippen LogP contribution in [0.25, 0.3) is 6.08 Å². The summed E-state index contributed by atoms with van der Waals surface area (Å²) in [7, 11) is 0. The Bertz CT molecular complexity index is 1170. The molecule has 3 aromatic rings. The maximum absolute atomic E-state index is 12.5. The predicted octanol–water partition coefficient (Wildman–Crippen LogP) is 5.57. The molecule has 0 bridgehead atoms. The van der Waals surface area contributed by atoms with Gasteiger partial charge in [0.25, 0.3) is 5.91 Å². The molecule has 0 heterocycles. The number of aromatic hydroxyl groups is 1. The number of rotatable bonds is 8. The van der Waals surface area contributed by atoms with Crippen molar-refractivity contribution in [1.82, 2.24) is 0 Å². The van der Waals surface area contributed by atoms with Gasteiger partial charge in [0, 0.05) is 16.3 Å². The summed E-state index contributed by atoms with van der Waals surface area (Å²) in [6.07, 6.45) is 1.47. The number of phenols is 1. The molecule has 0 unspecified atom stereocenters. The predicted molar refractivity (Wildman–Crippen MR) is 124 cm³/mol. The number of carbonyl (C=O) groups is 1. The smallest absolute Gasteiger partial charge is 0.266 e. The molecule has 7 heteroatoms.